The van der Waals surface area contributed by atoms with Gasteiger partial charge in [0.15, 0.2) is 0 Å². The van der Waals surface area contributed by atoms with Gasteiger partial charge in [-0.3, -0.25) is 23.9 Å². The predicted octanol–water partition coefficient (Wildman–Crippen LogP) is 1.68. The highest BCUT2D eigenvalue weighted by Gasteiger charge is 2.62. The maximum Gasteiger partial charge on any atom is 0.408 e. The monoisotopic (exact) mass is 668 g/mol. The number of alkyl carbamates (subject to hydrolysis) is 1. The minimum absolute atomic E-state index is 0.0387. The van der Waals surface area contributed by atoms with Crippen LogP contribution in [-0.4, -0.2) is 97.4 Å². The molecule has 1 saturated heterocycles. The number of carbonyl (C=O) groups is 5. The van der Waals surface area contributed by atoms with Gasteiger partial charge in [-0.1, -0.05) is 32.4 Å². The summed E-state index contributed by atoms with van der Waals surface area (Å²) in [6.07, 6.45) is 4.78. The summed E-state index contributed by atoms with van der Waals surface area (Å²) < 4.78 is 44.2. The van der Waals surface area contributed by atoms with Gasteiger partial charge in [-0.05, 0) is 59.3 Å². The molecule has 0 bridgehead atoms. The SMILES string of the molecule is CCCC(C)C(=O)OC1CC2C(=O)NC3(C(=O)NS(=O)(=O)C4CC4)CC3C=CCOCCCC(NC(=O)OC(C)(C)C)C(=O)N2C1. The Morgan fingerprint density at radius 1 is 1.20 bits per heavy atom. The molecule has 14 nitrogen and oxygen atoms in total. The molecule has 0 spiro atoms. The minimum atomic E-state index is -3.90. The quantitative estimate of drug-likeness (QED) is 0.254. The number of sulfonamides is 1. The molecule has 4 rings (SSSR count). The van der Waals surface area contributed by atoms with Gasteiger partial charge in [0, 0.05) is 18.9 Å². The van der Waals surface area contributed by atoms with Crippen LogP contribution in [0.5, 0.6) is 0 Å². The van der Waals surface area contributed by atoms with Crippen molar-refractivity contribution < 1.29 is 46.6 Å². The molecule has 46 heavy (non-hydrogen) atoms. The molecule has 0 aromatic carbocycles. The number of nitrogens with one attached hydrogen (secondary N) is 3. The second kappa shape index (κ2) is 14.3. The maximum atomic E-state index is 14.1. The largest absolute Gasteiger partial charge is 0.460 e. The molecule has 6 atom stereocenters. The number of hydrogen-bond acceptors (Lipinski definition) is 10. The number of nitrogens with zero attached hydrogens (tertiary/aromatic N) is 1. The van der Waals surface area contributed by atoms with Crippen LogP contribution in [0.25, 0.3) is 0 Å². The Hall–Kier alpha value is -3.20. The highest BCUT2D eigenvalue weighted by atomic mass is 32.2. The van der Waals surface area contributed by atoms with Crippen molar-refractivity contribution in [1.29, 1.82) is 0 Å². The van der Waals surface area contributed by atoms with Crippen molar-refractivity contribution in [3.8, 4) is 0 Å². The third-order valence-electron chi connectivity index (χ3n) is 8.57. The van der Waals surface area contributed by atoms with Crippen molar-refractivity contribution >= 4 is 39.8 Å². The van der Waals surface area contributed by atoms with E-state index in [4.69, 9.17) is 14.2 Å². The molecule has 3 N–H and O–H groups in total. The highest BCUT2D eigenvalue weighted by molar-refractivity contribution is 7.91. The van der Waals surface area contributed by atoms with Crippen molar-refractivity contribution in [1.82, 2.24) is 20.3 Å². The van der Waals surface area contributed by atoms with Crippen LogP contribution >= 0.6 is 0 Å². The van der Waals surface area contributed by atoms with Crippen molar-refractivity contribution in [2.75, 3.05) is 19.8 Å². The molecule has 4 amide bonds. The van der Waals surface area contributed by atoms with E-state index in [0.717, 1.165) is 6.42 Å². The third kappa shape index (κ3) is 8.99. The third-order valence-corrected chi connectivity index (χ3v) is 10.4. The van der Waals surface area contributed by atoms with Crippen LogP contribution in [0.4, 0.5) is 4.79 Å². The van der Waals surface area contributed by atoms with Crippen molar-refractivity contribution in [2.45, 2.75) is 121 Å². The van der Waals surface area contributed by atoms with E-state index in [-0.39, 0.29) is 44.9 Å². The molecule has 0 aromatic heterocycles. The molecule has 2 aliphatic heterocycles. The first-order valence-electron chi connectivity index (χ1n) is 16.2. The molecule has 15 heteroatoms. The lowest BCUT2D eigenvalue weighted by molar-refractivity contribution is -0.153. The predicted molar refractivity (Wildman–Crippen MR) is 165 cm³/mol. The van der Waals surface area contributed by atoms with Gasteiger partial charge >= 0.3 is 12.1 Å². The number of hydrogen-bond donors (Lipinski definition) is 3. The fourth-order valence-electron chi connectivity index (χ4n) is 5.84. The summed E-state index contributed by atoms with van der Waals surface area (Å²) in [6, 6.07) is -2.25. The van der Waals surface area contributed by atoms with Crippen LogP contribution in [0.15, 0.2) is 12.2 Å². The Bertz CT molecular complexity index is 1320. The number of carbonyl (C=O) groups excluding carboxylic acids is 5. The average Bonchev–Trinajstić information content (AvgIpc) is 3.87. The lowest BCUT2D eigenvalue weighted by atomic mass is 10.1. The topological polar surface area (TPSA) is 187 Å². The van der Waals surface area contributed by atoms with E-state index in [0.29, 0.717) is 25.7 Å². The Balaban J connectivity index is 1.62. The van der Waals surface area contributed by atoms with Crippen LogP contribution in [0.2, 0.25) is 0 Å². The van der Waals surface area contributed by atoms with Crippen molar-refractivity contribution in [3.63, 3.8) is 0 Å². The number of rotatable bonds is 8. The Labute approximate surface area is 270 Å². The lowest BCUT2D eigenvalue weighted by Crippen LogP contribution is -2.58. The Morgan fingerprint density at radius 3 is 2.57 bits per heavy atom. The van der Waals surface area contributed by atoms with E-state index >= 15 is 0 Å². The minimum Gasteiger partial charge on any atom is -0.460 e. The van der Waals surface area contributed by atoms with Crippen molar-refractivity contribution in [3.05, 3.63) is 12.2 Å². The standard InChI is InChI=1S/C31H48N4O10S/c1-6-9-19(2)27(38)44-21-16-24-25(36)33-31(28(39)34-46(41,42)22-12-13-22)17-20(31)10-7-14-43-15-8-11-23(26(37)35(24)18-21)32-29(40)45-30(3,4)5/h7,10,19-24H,6,8-9,11-18H2,1-5H3,(H,32,40)(H,33,36)(H,34,39). The van der Waals surface area contributed by atoms with E-state index < -0.39 is 80.3 Å². The Morgan fingerprint density at radius 2 is 1.91 bits per heavy atom. The van der Waals surface area contributed by atoms with E-state index in [1.165, 1.54) is 4.90 Å². The van der Waals surface area contributed by atoms with Gasteiger partial charge in [0.05, 0.1) is 24.3 Å². The normalized spacial score (nSPS) is 29.6. The number of amides is 4. The van der Waals surface area contributed by atoms with Crippen LogP contribution in [0.1, 0.15) is 86.0 Å². The van der Waals surface area contributed by atoms with Crippen molar-refractivity contribution in [2.24, 2.45) is 11.8 Å². The van der Waals surface area contributed by atoms with Gasteiger partial charge in [0.1, 0.15) is 29.3 Å². The van der Waals surface area contributed by atoms with E-state index in [2.05, 4.69) is 15.4 Å². The van der Waals surface area contributed by atoms with Gasteiger partial charge in [0.25, 0.3) is 5.91 Å². The molecule has 2 saturated carbocycles. The van der Waals surface area contributed by atoms with Gasteiger partial charge in [0.2, 0.25) is 21.8 Å². The summed E-state index contributed by atoms with van der Waals surface area (Å²) in [7, 11) is -3.90. The summed E-state index contributed by atoms with van der Waals surface area (Å²) in [5.41, 5.74) is -2.38. The summed E-state index contributed by atoms with van der Waals surface area (Å²) in [5, 5.41) is 4.74. The summed E-state index contributed by atoms with van der Waals surface area (Å²) in [6.45, 7) is 9.12. The number of fused-ring (bicyclic) bond motifs is 2. The number of esters is 1. The van der Waals surface area contributed by atoms with Gasteiger partial charge in [-0.2, -0.15) is 0 Å². The summed E-state index contributed by atoms with van der Waals surface area (Å²) >= 11 is 0. The summed E-state index contributed by atoms with van der Waals surface area (Å²) in [4.78, 5) is 68.3. The average molecular weight is 669 g/mol. The van der Waals surface area contributed by atoms with Gasteiger partial charge in [-0.15, -0.1) is 0 Å². The zero-order valence-electron chi connectivity index (χ0n) is 27.3. The van der Waals surface area contributed by atoms with Crippen LogP contribution in [-0.2, 0) is 43.4 Å². The molecule has 258 valence electrons. The van der Waals surface area contributed by atoms with E-state index in [9.17, 15) is 32.4 Å². The second-order valence-electron chi connectivity index (χ2n) is 13.8. The molecule has 6 unspecified atom stereocenters. The summed E-state index contributed by atoms with van der Waals surface area (Å²) in [5.74, 6) is -3.45. The zero-order chi connectivity index (χ0) is 33.9. The molecule has 2 heterocycles. The first-order chi connectivity index (χ1) is 21.6. The van der Waals surface area contributed by atoms with Crippen LogP contribution in [0.3, 0.4) is 0 Å². The maximum absolute atomic E-state index is 14.1. The number of ether oxygens (including phenoxy) is 3. The van der Waals surface area contributed by atoms with E-state index in [1.54, 1.807) is 39.8 Å². The van der Waals surface area contributed by atoms with E-state index in [1.807, 2.05) is 6.92 Å². The first kappa shape index (κ1) is 35.7. The molecule has 4 aliphatic rings. The first-order valence-corrected chi connectivity index (χ1v) is 17.7. The Kier molecular flexibility index (Phi) is 11.1. The zero-order valence-corrected chi connectivity index (χ0v) is 28.2. The molecule has 3 fully saturated rings. The highest BCUT2D eigenvalue weighted by Crippen LogP contribution is 2.46. The molecule has 2 aliphatic carbocycles. The molecule has 0 radical (unpaired) electrons. The van der Waals surface area contributed by atoms with Gasteiger partial charge < -0.3 is 29.7 Å². The fraction of sp³-hybridized carbons (Fsp3) is 0.774. The fourth-order valence-corrected chi connectivity index (χ4v) is 7.21. The second-order valence-corrected chi connectivity index (χ2v) is 15.7. The van der Waals surface area contributed by atoms with Crippen LogP contribution in [0, 0.1) is 11.8 Å². The van der Waals surface area contributed by atoms with Gasteiger partial charge in [-0.25, -0.2) is 13.2 Å². The molecule has 0 aromatic rings. The molecular weight excluding hydrogens is 620 g/mol. The molecular formula is C31H48N4O10S. The smallest absolute Gasteiger partial charge is 0.408 e. The lowest BCUT2D eigenvalue weighted by Gasteiger charge is -2.30. The van der Waals surface area contributed by atoms with Crippen LogP contribution < -0.4 is 15.4 Å².